The predicted octanol–water partition coefficient (Wildman–Crippen LogP) is 3.47. The molecule has 0 fully saturated rings. The lowest BCUT2D eigenvalue weighted by Crippen LogP contribution is -2.41. The quantitative estimate of drug-likeness (QED) is 0.223. The minimum absolute atomic E-state index is 0.0749. The number of hydrazone groups is 1. The summed E-state index contributed by atoms with van der Waals surface area (Å²) in [4.78, 5) is 29.2. The van der Waals surface area contributed by atoms with Gasteiger partial charge in [-0.05, 0) is 30.2 Å². The molecule has 1 aromatic heterocycles. The molecule has 0 radical (unpaired) electrons. The van der Waals surface area contributed by atoms with Gasteiger partial charge in [-0.25, -0.2) is 4.39 Å². The minimum atomic E-state index is -0.792. The average Bonchev–Trinajstić information content (AvgIpc) is 2.86. The third kappa shape index (κ3) is 6.17. The number of hydrogen-bond acceptors (Lipinski definition) is 8. The van der Waals surface area contributed by atoms with E-state index in [9.17, 15) is 14.0 Å². The van der Waals surface area contributed by atoms with Crippen molar-refractivity contribution in [1.82, 2.24) is 15.7 Å². The Hall–Kier alpha value is -4.41. The first kappa shape index (κ1) is 26.2. The summed E-state index contributed by atoms with van der Waals surface area (Å²) in [5.74, 6) is -0.731. The Morgan fingerprint density at radius 1 is 1.00 bits per heavy atom. The zero-order valence-electron chi connectivity index (χ0n) is 20.6. The van der Waals surface area contributed by atoms with Crippen molar-refractivity contribution in [2.75, 3.05) is 33.1 Å². The Labute approximate surface area is 207 Å². The summed E-state index contributed by atoms with van der Waals surface area (Å²) in [5, 5.41) is 9.44. The number of anilines is 1. The maximum absolute atomic E-state index is 14.9. The van der Waals surface area contributed by atoms with Gasteiger partial charge in [-0.15, -0.1) is 0 Å². The van der Waals surface area contributed by atoms with E-state index in [1.54, 1.807) is 18.2 Å². The van der Waals surface area contributed by atoms with E-state index >= 15 is 0 Å². The lowest BCUT2D eigenvalue weighted by atomic mass is 10.1. The van der Waals surface area contributed by atoms with Crippen LogP contribution in [-0.4, -0.2) is 50.3 Å². The summed E-state index contributed by atoms with van der Waals surface area (Å²) in [5.41, 5.74) is 2.74. The van der Waals surface area contributed by atoms with Crippen molar-refractivity contribution in [3.8, 4) is 23.0 Å². The molecule has 0 spiro atoms. The number of halogens is 1. The molecule has 0 saturated carbocycles. The van der Waals surface area contributed by atoms with E-state index in [-0.39, 0.29) is 23.1 Å². The van der Waals surface area contributed by atoms with Gasteiger partial charge < -0.3 is 30.3 Å². The molecule has 2 aromatic carbocycles. The fourth-order valence-electron chi connectivity index (χ4n) is 3.20. The third-order valence-corrected chi connectivity index (χ3v) is 4.94. The van der Waals surface area contributed by atoms with Gasteiger partial charge >= 0.3 is 0 Å². The monoisotopic (exact) mass is 497 g/mol. The molecule has 0 unspecified atom stereocenters. The fraction of sp³-hybridized carbons (Fsp3) is 0.280. The molecule has 0 bridgehead atoms. The number of hydrogen-bond donors (Lipinski definition) is 3. The van der Waals surface area contributed by atoms with Gasteiger partial charge in [0.25, 0.3) is 11.8 Å². The Balaban J connectivity index is 1.81. The van der Waals surface area contributed by atoms with Crippen molar-refractivity contribution >= 4 is 34.1 Å². The van der Waals surface area contributed by atoms with E-state index in [4.69, 9.17) is 14.2 Å². The van der Waals surface area contributed by atoms with E-state index in [0.29, 0.717) is 34.7 Å². The number of nitrogens with one attached hydrogen (secondary N) is 3. The number of amides is 2. The maximum Gasteiger partial charge on any atom is 0.281 e. The molecular formula is C25H28FN5O5. The molecule has 0 aliphatic carbocycles. The van der Waals surface area contributed by atoms with Crippen LogP contribution in [0.1, 0.15) is 13.8 Å². The van der Waals surface area contributed by atoms with Gasteiger partial charge in [0, 0.05) is 43.0 Å². The SMILES string of the molecule is CN/N=C(\C(=O)NCC(C)C)C(=O)Nc1ccc(Oc2ccnc3cc(OC)c(OC)cc23)c(F)c1. The second kappa shape index (κ2) is 11.8. The molecule has 2 amide bonds. The molecular weight excluding hydrogens is 469 g/mol. The Morgan fingerprint density at radius 3 is 2.36 bits per heavy atom. The number of aromatic nitrogens is 1. The van der Waals surface area contributed by atoms with Crippen LogP contribution < -0.4 is 30.3 Å². The van der Waals surface area contributed by atoms with Gasteiger partial charge in [0.15, 0.2) is 23.1 Å². The van der Waals surface area contributed by atoms with Crippen molar-refractivity contribution in [2.45, 2.75) is 13.8 Å². The van der Waals surface area contributed by atoms with Crippen LogP contribution in [0.2, 0.25) is 0 Å². The van der Waals surface area contributed by atoms with E-state index in [1.807, 2.05) is 13.8 Å². The van der Waals surface area contributed by atoms with E-state index in [1.165, 1.54) is 39.6 Å². The summed E-state index contributed by atoms with van der Waals surface area (Å²) in [6, 6.07) is 8.88. The highest BCUT2D eigenvalue weighted by Gasteiger charge is 2.22. The van der Waals surface area contributed by atoms with E-state index < -0.39 is 17.6 Å². The number of methoxy groups -OCH3 is 2. The topological polar surface area (TPSA) is 123 Å². The normalized spacial score (nSPS) is 11.2. The zero-order chi connectivity index (χ0) is 26.2. The van der Waals surface area contributed by atoms with Gasteiger partial charge in [0.05, 0.1) is 19.7 Å². The molecule has 3 N–H and O–H groups in total. The summed E-state index contributed by atoms with van der Waals surface area (Å²) in [6.45, 7) is 4.21. The van der Waals surface area contributed by atoms with Gasteiger partial charge in [-0.1, -0.05) is 13.8 Å². The maximum atomic E-state index is 14.9. The summed E-state index contributed by atoms with van der Waals surface area (Å²) < 4.78 is 31.4. The summed E-state index contributed by atoms with van der Waals surface area (Å²) in [6.07, 6.45) is 1.53. The van der Waals surface area contributed by atoms with Gasteiger partial charge in [-0.3, -0.25) is 14.6 Å². The Morgan fingerprint density at radius 2 is 1.72 bits per heavy atom. The molecule has 0 aliphatic rings. The molecule has 36 heavy (non-hydrogen) atoms. The smallest absolute Gasteiger partial charge is 0.281 e. The first-order valence-corrected chi connectivity index (χ1v) is 11.1. The molecule has 0 saturated heterocycles. The number of carbonyl (C=O) groups is 2. The van der Waals surface area contributed by atoms with Crippen LogP contribution >= 0.6 is 0 Å². The van der Waals surface area contributed by atoms with Crippen LogP contribution in [0.3, 0.4) is 0 Å². The van der Waals surface area contributed by atoms with Crippen molar-refractivity contribution in [3.05, 3.63) is 48.4 Å². The lowest BCUT2D eigenvalue weighted by Gasteiger charge is -2.13. The molecule has 11 heteroatoms. The summed E-state index contributed by atoms with van der Waals surface area (Å²) >= 11 is 0. The Bertz CT molecular complexity index is 1300. The summed E-state index contributed by atoms with van der Waals surface area (Å²) in [7, 11) is 4.49. The van der Waals surface area contributed by atoms with Gasteiger partial charge in [0.2, 0.25) is 5.71 Å². The van der Waals surface area contributed by atoms with Crippen molar-refractivity contribution in [3.63, 3.8) is 0 Å². The number of benzene rings is 2. The van der Waals surface area contributed by atoms with E-state index in [2.05, 4.69) is 26.1 Å². The standard InChI is InChI=1S/C25H28FN5O5/c1-14(2)13-29-24(32)23(31-27-3)25(33)30-15-6-7-20(17(26)10-15)36-19-8-9-28-18-12-22(35-5)21(34-4)11-16(18)19/h6-12,14,27H,13H2,1-5H3,(H,29,32)(H,30,33)/b31-23+. The van der Waals surface area contributed by atoms with Crippen LogP contribution in [0, 0.1) is 11.7 Å². The van der Waals surface area contributed by atoms with Crippen LogP contribution in [0.25, 0.3) is 10.9 Å². The van der Waals surface area contributed by atoms with Crippen LogP contribution in [0.4, 0.5) is 10.1 Å². The second-order valence-electron chi connectivity index (χ2n) is 8.02. The van der Waals surface area contributed by atoms with Crippen molar-refractivity contribution in [1.29, 1.82) is 0 Å². The number of ether oxygens (including phenoxy) is 3. The number of fused-ring (bicyclic) bond motifs is 1. The van der Waals surface area contributed by atoms with Crippen LogP contribution in [0.5, 0.6) is 23.0 Å². The number of pyridine rings is 1. The minimum Gasteiger partial charge on any atom is -0.493 e. The van der Waals surface area contributed by atoms with Crippen molar-refractivity contribution < 1.29 is 28.2 Å². The highest BCUT2D eigenvalue weighted by Crippen LogP contribution is 2.37. The first-order valence-electron chi connectivity index (χ1n) is 11.1. The second-order valence-corrected chi connectivity index (χ2v) is 8.02. The molecule has 0 aliphatic heterocycles. The largest absolute Gasteiger partial charge is 0.493 e. The highest BCUT2D eigenvalue weighted by molar-refractivity contribution is 6.67. The molecule has 0 atom stereocenters. The molecule has 10 nitrogen and oxygen atoms in total. The molecule has 3 rings (SSSR count). The average molecular weight is 498 g/mol. The zero-order valence-corrected chi connectivity index (χ0v) is 20.6. The Kier molecular flexibility index (Phi) is 8.61. The number of rotatable bonds is 10. The van der Waals surface area contributed by atoms with Gasteiger partial charge in [0.1, 0.15) is 5.75 Å². The van der Waals surface area contributed by atoms with Crippen molar-refractivity contribution in [2.24, 2.45) is 11.0 Å². The van der Waals surface area contributed by atoms with Gasteiger partial charge in [-0.2, -0.15) is 5.10 Å². The molecule has 190 valence electrons. The number of nitrogens with zero attached hydrogens (tertiary/aromatic N) is 2. The molecule has 1 heterocycles. The molecule has 3 aromatic rings. The third-order valence-electron chi connectivity index (χ3n) is 4.94. The fourth-order valence-corrected chi connectivity index (χ4v) is 3.20. The van der Waals surface area contributed by atoms with Crippen LogP contribution in [-0.2, 0) is 9.59 Å². The number of carbonyl (C=O) groups excluding carboxylic acids is 2. The van der Waals surface area contributed by atoms with Crippen LogP contribution in [0.15, 0.2) is 47.7 Å². The predicted molar refractivity (Wildman–Crippen MR) is 134 cm³/mol. The highest BCUT2D eigenvalue weighted by atomic mass is 19.1. The lowest BCUT2D eigenvalue weighted by molar-refractivity contribution is -0.117. The first-order chi connectivity index (χ1) is 17.3. The van der Waals surface area contributed by atoms with E-state index in [0.717, 1.165) is 6.07 Å².